The first-order chi connectivity index (χ1) is 10.1. The second-order valence-electron chi connectivity index (χ2n) is 5.18. The van der Waals surface area contributed by atoms with Gasteiger partial charge >= 0.3 is 0 Å². The molecule has 1 amide bonds. The Morgan fingerprint density at radius 3 is 2.95 bits per heavy atom. The lowest BCUT2D eigenvalue weighted by Crippen LogP contribution is -2.42. The molecule has 7 nitrogen and oxygen atoms in total. The topological polar surface area (TPSA) is 91.0 Å². The van der Waals surface area contributed by atoms with Crippen LogP contribution in [0.25, 0.3) is 0 Å². The number of amides is 1. The molecule has 110 valence electrons. The summed E-state index contributed by atoms with van der Waals surface area (Å²) in [7, 11) is 0. The lowest BCUT2D eigenvalue weighted by molar-refractivity contribution is -0.133. The number of fused-ring (bicyclic) bond motifs is 1. The zero-order valence-corrected chi connectivity index (χ0v) is 11.6. The Bertz CT molecular complexity index is 786. The fraction of sp³-hybridized carbons (Fsp3) is 0.357. The van der Waals surface area contributed by atoms with Crippen molar-refractivity contribution < 1.29 is 4.79 Å². The van der Waals surface area contributed by atoms with Crippen molar-refractivity contribution in [3.05, 3.63) is 56.4 Å². The van der Waals surface area contributed by atoms with Gasteiger partial charge in [-0.05, 0) is 19.1 Å². The van der Waals surface area contributed by atoms with Crippen LogP contribution in [0.1, 0.15) is 24.2 Å². The van der Waals surface area contributed by atoms with E-state index < -0.39 is 11.1 Å². The van der Waals surface area contributed by atoms with Gasteiger partial charge in [0, 0.05) is 36.6 Å². The molecule has 0 unspecified atom stereocenters. The monoisotopic (exact) mass is 288 g/mol. The molecule has 2 N–H and O–H groups in total. The van der Waals surface area contributed by atoms with Crippen LogP contribution in [-0.2, 0) is 17.8 Å². The molecule has 1 aliphatic heterocycles. The molecule has 0 saturated carbocycles. The molecular formula is C14H16N4O3. The number of hydrogen-bond acceptors (Lipinski definition) is 3. The highest BCUT2D eigenvalue weighted by atomic mass is 16.2. The molecule has 0 spiro atoms. The molecule has 7 heteroatoms. The fourth-order valence-corrected chi connectivity index (χ4v) is 2.77. The minimum absolute atomic E-state index is 0.0395. The predicted molar refractivity (Wildman–Crippen MR) is 75.9 cm³/mol. The highest BCUT2D eigenvalue weighted by Crippen LogP contribution is 2.25. The summed E-state index contributed by atoms with van der Waals surface area (Å²) in [6, 6.07) is 5.08. The minimum atomic E-state index is -0.434. The fourth-order valence-electron chi connectivity index (χ4n) is 2.77. The Balaban J connectivity index is 1.82. The largest absolute Gasteiger partial charge is 0.348 e. The van der Waals surface area contributed by atoms with Gasteiger partial charge in [0.05, 0.1) is 12.5 Å². The highest BCUT2D eigenvalue weighted by molar-refractivity contribution is 5.79. The molecule has 1 atom stereocenters. The van der Waals surface area contributed by atoms with E-state index in [1.54, 1.807) is 4.90 Å². The van der Waals surface area contributed by atoms with Gasteiger partial charge in [-0.15, -0.1) is 0 Å². The summed E-state index contributed by atoms with van der Waals surface area (Å²) in [5.41, 5.74) is 0.417. The maximum atomic E-state index is 12.4. The van der Waals surface area contributed by atoms with Gasteiger partial charge in [0.2, 0.25) is 5.91 Å². The zero-order valence-electron chi connectivity index (χ0n) is 11.6. The van der Waals surface area contributed by atoms with E-state index in [0.717, 1.165) is 12.2 Å². The smallest absolute Gasteiger partial charge is 0.266 e. The van der Waals surface area contributed by atoms with Gasteiger partial charge in [-0.2, -0.15) is 0 Å². The number of carbonyl (C=O) groups excluding carboxylic acids is 1. The molecule has 0 radical (unpaired) electrons. The third kappa shape index (κ3) is 2.42. The van der Waals surface area contributed by atoms with Crippen LogP contribution in [0.3, 0.4) is 0 Å². The van der Waals surface area contributed by atoms with Crippen LogP contribution < -0.4 is 11.1 Å². The van der Waals surface area contributed by atoms with Crippen molar-refractivity contribution in [3.8, 4) is 0 Å². The van der Waals surface area contributed by atoms with E-state index in [2.05, 4.69) is 14.8 Å². The van der Waals surface area contributed by atoms with Crippen molar-refractivity contribution in [2.45, 2.75) is 25.9 Å². The van der Waals surface area contributed by atoms with Crippen LogP contribution in [0.2, 0.25) is 0 Å². The van der Waals surface area contributed by atoms with Crippen LogP contribution in [0.4, 0.5) is 0 Å². The van der Waals surface area contributed by atoms with Crippen molar-refractivity contribution in [2.24, 2.45) is 0 Å². The van der Waals surface area contributed by atoms with Gasteiger partial charge < -0.3 is 9.47 Å². The summed E-state index contributed by atoms with van der Waals surface area (Å²) in [6.45, 7) is 3.30. The molecule has 21 heavy (non-hydrogen) atoms. The van der Waals surface area contributed by atoms with Gasteiger partial charge in [0.25, 0.3) is 11.1 Å². The normalized spacial score (nSPS) is 17.6. The first-order valence-electron chi connectivity index (χ1n) is 6.81. The summed E-state index contributed by atoms with van der Waals surface area (Å²) in [4.78, 5) is 37.0. The molecule has 3 rings (SSSR count). The van der Waals surface area contributed by atoms with E-state index in [1.807, 2.05) is 25.3 Å². The Hall–Kier alpha value is -2.57. The minimum Gasteiger partial charge on any atom is -0.348 e. The number of hydrogen-bond donors (Lipinski definition) is 2. The molecule has 2 aromatic rings. The van der Waals surface area contributed by atoms with E-state index in [4.69, 9.17) is 0 Å². The van der Waals surface area contributed by atoms with Crippen LogP contribution in [0.5, 0.6) is 0 Å². The van der Waals surface area contributed by atoms with Crippen molar-refractivity contribution >= 4 is 5.91 Å². The standard InChI is InChI=1S/C14H16N4O3/c1-9-11-3-2-4-17(11)5-6-18(9)13(20)8-10-7-12(19)15-16-14(10)21/h2-4,7,9H,5-6,8H2,1H3,(H,15,19)(H,16,21)/t9-/m1/s1. The number of rotatable bonds is 2. The number of nitrogens with zero attached hydrogens (tertiary/aromatic N) is 2. The quantitative estimate of drug-likeness (QED) is 0.815. The van der Waals surface area contributed by atoms with E-state index in [-0.39, 0.29) is 23.9 Å². The third-order valence-corrected chi connectivity index (χ3v) is 3.90. The molecule has 3 heterocycles. The first-order valence-corrected chi connectivity index (χ1v) is 6.81. The van der Waals surface area contributed by atoms with Gasteiger partial charge in [-0.3, -0.25) is 24.6 Å². The van der Waals surface area contributed by atoms with E-state index in [1.165, 1.54) is 6.07 Å². The Morgan fingerprint density at radius 2 is 2.14 bits per heavy atom. The lowest BCUT2D eigenvalue weighted by Gasteiger charge is -2.35. The molecule has 2 aromatic heterocycles. The molecule has 1 aliphatic rings. The number of carbonyl (C=O) groups is 1. The maximum Gasteiger partial charge on any atom is 0.266 e. The van der Waals surface area contributed by atoms with E-state index in [0.29, 0.717) is 6.54 Å². The van der Waals surface area contributed by atoms with Gasteiger partial charge in [0.15, 0.2) is 0 Å². The predicted octanol–water partition coefficient (Wildman–Crippen LogP) is 0.0106. The van der Waals surface area contributed by atoms with Crippen LogP contribution in [-0.4, -0.2) is 32.1 Å². The van der Waals surface area contributed by atoms with Crippen LogP contribution in [0.15, 0.2) is 34.0 Å². The zero-order chi connectivity index (χ0) is 15.0. The second kappa shape index (κ2) is 5.08. The molecule has 0 bridgehead atoms. The molecule has 0 aliphatic carbocycles. The second-order valence-corrected chi connectivity index (χ2v) is 5.18. The molecule has 0 saturated heterocycles. The highest BCUT2D eigenvalue weighted by Gasteiger charge is 2.27. The van der Waals surface area contributed by atoms with Crippen LogP contribution >= 0.6 is 0 Å². The van der Waals surface area contributed by atoms with E-state index >= 15 is 0 Å². The Kier molecular flexibility index (Phi) is 3.25. The van der Waals surface area contributed by atoms with Crippen molar-refractivity contribution in [3.63, 3.8) is 0 Å². The number of aromatic nitrogens is 3. The SMILES string of the molecule is C[C@@H]1c2cccn2CCN1C(=O)Cc1cc(=O)[nH][nH]c1=O. The third-order valence-electron chi connectivity index (χ3n) is 3.90. The van der Waals surface area contributed by atoms with E-state index in [9.17, 15) is 14.4 Å². The Morgan fingerprint density at radius 1 is 1.33 bits per heavy atom. The summed E-state index contributed by atoms with van der Waals surface area (Å²) >= 11 is 0. The summed E-state index contributed by atoms with van der Waals surface area (Å²) in [5.74, 6) is -0.147. The van der Waals surface area contributed by atoms with Crippen molar-refractivity contribution in [2.75, 3.05) is 6.54 Å². The molecular weight excluding hydrogens is 272 g/mol. The van der Waals surface area contributed by atoms with Gasteiger partial charge in [-0.25, -0.2) is 0 Å². The average molecular weight is 288 g/mol. The number of nitrogens with one attached hydrogen (secondary N) is 2. The average Bonchev–Trinajstić information content (AvgIpc) is 2.92. The van der Waals surface area contributed by atoms with Crippen molar-refractivity contribution in [1.29, 1.82) is 0 Å². The van der Waals surface area contributed by atoms with Crippen molar-refractivity contribution in [1.82, 2.24) is 19.7 Å². The maximum absolute atomic E-state index is 12.4. The van der Waals surface area contributed by atoms with Crippen LogP contribution in [0, 0.1) is 0 Å². The Labute approximate surface area is 120 Å². The number of aromatic amines is 2. The summed E-state index contributed by atoms with van der Waals surface area (Å²) in [6.07, 6.45) is 1.93. The first kappa shape index (κ1) is 13.4. The summed E-state index contributed by atoms with van der Waals surface area (Å²) in [5, 5.41) is 4.42. The molecule has 0 aromatic carbocycles. The molecule has 0 fully saturated rings. The number of H-pyrrole nitrogens is 2. The van der Waals surface area contributed by atoms with Gasteiger partial charge in [0.1, 0.15) is 0 Å². The lowest BCUT2D eigenvalue weighted by atomic mass is 10.1. The van der Waals surface area contributed by atoms with Gasteiger partial charge in [-0.1, -0.05) is 0 Å². The summed E-state index contributed by atoms with van der Waals surface area (Å²) < 4.78 is 2.12.